The summed E-state index contributed by atoms with van der Waals surface area (Å²) in [6.45, 7) is 7.51. The van der Waals surface area contributed by atoms with Crippen LogP contribution >= 0.6 is 0 Å². The molecule has 4 rings (SSSR count). The number of aliphatic imine (C=N–C) groups is 1. The first-order chi connectivity index (χ1) is 14.2. The minimum Gasteiger partial charge on any atom is -0.446 e. The van der Waals surface area contributed by atoms with Crippen molar-refractivity contribution in [3.05, 3.63) is 70.5 Å². The molecule has 1 unspecified atom stereocenters. The number of furan rings is 1. The van der Waals surface area contributed by atoms with Gasteiger partial charge < -0.3 is 15.1 Å². The van der Waals surface area contributed by atoms with Gasteiger partial charge in [-0.25, -0.2) is 13.4 Å². The molecule has 1 aliphatic rings. The molecule has 0 radical (unpaired) electrons. The van der Waals surface area contributed by atoms with Gasteiger partial charge in [0.05, 0.1) is 16.7 Å². The van der Waals surface area contributed by atoms with E-state index in [1.807, 2.05) is 33.8 Å². The van der Waals surface area contributed by atoms with E-state index in [4.69, 9.17) is 10.2 Å². The molecule has 2 heterocycles. The van der Waals surface area contributed by atoms with E-state index in [0.717, 1.165) is 33.5 Å². The lowest BCUT2D eigenvalue weighted by molar-refractivity contribution is 0.567. The van der Waals surface area contributed by atoms with E-state index in [1.54, 1.807) is 47.8 Å². The Morgan fingerprint density at radius 2 is 1.67 bits per heavy atom. The van der Waals surface area contributed by atoms with Crippen molar-refractivity contribution in [1.82, 2.24) is 0 Å². The number of nitrogens with zero attached hydrogens (tertiary/aromatic N) is 2. The van der Waals surface area contributed by atoms with Crippen LogP contribution in [-0.2, 0) is 10.0 Å². The van der Waals surface area contributed by atoms with Crippen molar-refractivity contribution in [1.29, 1.82) is 0 Å². The molecule has 3 aromatic rings. The molecule has 0 saturated carbocycles. The number of anilines is 2. The summed E-state index contributed by atoms with van der Waals surface area (Å²) in [5.74, 6) is 0.502. The Morgan fingerprint density at radius 1 is 1.03 bits per heavy atom. The molecule has 0 fully saturated rings. The highest BCUT2D eigenvalue weighted by Crippen LogP contribution is 2.34. The zero-order chi connectivity index (χ0) is 21.6. The van der Waals surface area contributed by atoms with Gasteiger partial charge in [-0.2, -0.15) is 0 Å². The Hall–Kier alpha value is -3.10. The molecule has 3 N–H and O–H groups in total. The molecule has 0 amide bonds. The van der Waals surface area contributed by atoms with Gasteiger partial charge in [0.25, 0.3) is 10.0 Å². The third-order valence-corrected chi connectivity index (χ3v) is 7.23. The summed E-state index contributed by atoms with van der Waals surface area (Å²) in [6, 6.07) is 10.8. The SMILES string of the molecule is Cc1cc(C)c(C)c(S(=O)(=O)Nc2ccc(N3C=Nc4occc4C3N)cc2)c1C. The fraction of sp³-hybridized carbons (Fsp3) is 0.227. The van der Waals surface area contributed by atoms with Crippen LogP contribution in [0.2, 0.25) is 0 Å². The Kier molecular flexibility index (Phi) is 4.91. The molecule has 30 heavy (non-hydrogen) atoms. The van der Waals surface area contributed by atoms with Gasteiger partial charge in [0, 0.05) is 11.4 Å². The highest BCUT2D eigenvalue weighted by Gasteiger charge is 2.25. The summed E-state index contributed by atoms with van der Waals surface area (Å²) in [4.78, 5) is 6.40. The Morgan fingerprint density at radius 3 is 2.30 bits per heavy atom. The maximum Gasteiger partial charge on any atom is 0.262 e. The smallest absolute Gasteiger partial charge is 0.262 e. The number of rotatable bonds is 4. The first kappa shape index (κ1) is 20.2. The van der Waals surface area contributed by atoms with E-state index < -0.39 is 16.2 Å². The van der Waals surface area contributed by atoms with Crippen LogP contribution in [0, 0.1) is 27.7 Å². The highest BCUT2D eigenvalue weighted by molar-refractivity contribution is 7.92. The average molecular weight is 425 g/mol. The van der Waals surface area contributed by atoms with Crippen LogP contribution < -0.4 is 15.4 Å². The fourth-order valence-electron chi connectivity index (χ4n) is 3.70. The molecule has 1 atom stereocenters. The van der Waals surface area contributed by atoms with Crippen LogP contribution in [0.4, 0.5) is 17.3 Å². The Labute approximate surface area is 176 Å². The van der Waals surface area contributed by atoms with Crippen molar-refractivity contribution in [3.63, 3.8) is 0 Å². The van der Waals surface area contributed by atoms with Crippen LogP contribution in [0.15, 0.2) is 57.0 Å². The molecule has 1 aliphatic heterocycles. The maximum absolute atomic E-state index is 13.1. The highest BCUT2D eigenvalue weighted by atomic mass is 32.2. The first-order valence-electron chi connectivity index (χ1n) is 9.55. The largest absolute Gasteiger partial charge is 0.446 e. The summed E-state index contributed by atoms with van der Waals surface area (Å²) in [6.07, 6.45) is 2.73. The van der Waals surface area contributed by atoms with Gasteiger partial charge in [0.2, 0.25) is 5.88 Å². The molecule has 2 aromatic carbocycles. The summed E-state index contributed by atoms with van der Waals surface area (Å²) >= 11 is 0. The van der Waals surface area contributed by atoms with Gasteiger partial charge >= 0.3 is 0 Å². The zero-order valence-electron chi connectivity index (χ0n) is 17.3. The molecular weight excluding hydrogens is 400 g/mol. The van der Waals surface area contributed by atoms with Gasteiger partial charge in [0.15, 0.2) is 0 Å². The summed E-state index contributed by atoms with van der Waals surface area (Å²) in [7, 11) is -3.73. The third-order valence-electron chi connectivity index (χ3n) is 5.58. The number of hydrogen-bond donors (Lipinski definition) is 2. The van der Waals surface area contributed by atoms with Crippen molar-refractivity contribution in [2.45, 2.75) is 38.8 Å². The average Bonchev–Trinajstić information content (AvgIpc) is 3.17. The van der Waals surface area contributed by atoms with Crippen LogP contribution in [0.25, 0.3) is 0 Å². The molecule has 156 valence electrons. The van der Waals surface area contributed by atoms with Gasteiger partial charge in [-0.3, -0.25) is 4.72 Å². The lowest BCUT2D eigenvalue weighted by atomic mass is 10.0. The molecule has 1 aromatic heterocycles. The van der Waals surface area contributed by atoms with Gasteiger partial charge in [-0.05, 0) is 80.3 Å². The second-order valence-electron chi connectivity index (χ2n) is 7.52. The first-order valence-corrected chi connectivity index (χ1v) is 11.0. The quantitative estimate of drug-likeness (QED) is 0.644. The van der Waals surface area contributed by atoms with E-state index in [1.165, 1.54) is 0 Å². The van der Waals surface area contributed by atoms with Crippen molar-refractivity contribution < 1.29 is 12.8 Å². The minimum atomic E-state index is -3.73. The number of nitrogens with one attached hydrogen (secondary N) is 1. The van der Waals surface area contributed by atoms with E-state index in [2.05, 4.69) is 9.71 Å². The van der Waals surface area contributed by atoms with Crippen LogP contribution in [0.5, 0.6) is 0 Å². The monoisotopic (exact) mass is 424 g/mol. The van der Waals surface area contributed by atoms with Crippen LogP contribution in [-0.4, -0.2) is 14.8 Å². The predicted octanol–water partition coefficient (Wildman–Crippen LogP) is 4.45. The number of nitrogens with two attached hydrogens (primary N) is 1. The molecule has 0 bridgehead atoms. The minimum absolute atomic E-state index is 0.335. The molecule has 7 nitrogen and oxygen atoms in total. The fourth-order valence-corrected chi connectivity index (χ4v) is 5.37. The second kappa shape index (κ2) is 7.30. The molecule has 0 saturated heterocycles. The van der Waals surface area contributed by atoms with Crippen molar-refractivity contribution in [3.8, 4) is 0 Å². The van der Waals surface area contributed by atoms with Crippen LogP contribution in [0.1, 0.15) is 34.0 Å². The van der Waals surface area contributed by atoms with Crippen molar-refractivity contribution >= 4 is 33.6 Å². The Bertz CT molecular complexity index is 1220. The molecule has 0 spiro atoms. The predicted molar refractivity (Wildman–Crippen MR) is 119 cm³/mol. The van der Waals surface area contributed by atoms with E-state index in [-0.39, 0.29) is 0 Å². The van der Waals surface area contributed by atoms with Crippen LogP contribution in [0.3, 0.4) is 0 Å². The van der Waals surface area contributed by atoms with Crippen molar-refractivity contribution in [2.24, 2.45) is 10.7 Å². The summed E-state index contributed by atoms with van der Waals surface area (Å²) in [5.41, 5.74) is 11.8. The number of sulfonamides is 1. The molecule has 8 heteroatoms. The molecular formula is C22H24N4O3S. The lowest BCUT2D eigenvalue weighted by Gasteiger charge is -2.29. The van der Waals surface area contributed by atoms with E-state index in [0.29, 0.717) is 16.5 Å². The van der Waals surface area contributed by atoms with Gasteiger partial charge in [-0.15, -0.1) is 0 Å². The zero-order valence-corrected chi connectivity index (χ0v) is 18.1. The second-order valence-corrected chi connectivity index (χ2v) is 9.14. The van der Waals surface area contributed by atoms with E-state index in [9.17, 15) is 8.42 Å². The molecule has 0 aliphatic carbocycles. The number of fused-ring (bicyclic) bond motifs is 1. The van der Waals surface area contributed by atoms with E-state index >= 15 is 0 Å². The number of benzene rings is 2. The normalized spacial score (nSPS) is 15.9. The van der Waals surface area contributed by atoms with Gasteiger partial charge in [0.1, 0.15) is 12.5 Å². The summed E-state index contributed by atoms with van der Waals surface area (Å²) < 4.78 is 34.2. The Balaban J connectivity index is 1.60. The lowest BCUT2D eigenvalue weighted by Crippen LogP contribution is -2.35. The maximum atomic E-state index is 13.1. The standard InChI is InChI=1S/C22H24N4O3S/c1-13-11-14(2)16(4)20(15(13)3)30(27,28)25-17-5-7-18(8-6-17)26-12-24-22-19(21(26)23)9-10-29-22/h5-12,21,25H,23H2,1-4H3. The van der Waals surface area contributed by atoms with Crippen molar-refractivity contribution in [2.75, 3.05) is 9.62 Å². The topological polar surface area (TPSA) is 101 Å². The van der Waals surface area contributed by atoms with Gasteiger partial charge in [-0.1, -0.05) is 6.07 Å². The number of hydrogen-bond acceptors (Lipinski definition) is 6. The third kappa shape index (κ3) is 3.38. The summed E-state index contributed by atoms with van der Waals surface area (Å²) in [5, 5.41) is 0. The number of aryl methyl sites for hydroxylation is 2.